The molecule has 546 valence electrons. The molecule has 0 bridgehead atoms. The average molecular weight is 1350 g/mol. The first-order valence-corrected chi connectivity index (χ1v) is 41.0. The van der Waals surface area contributed by atoms with E-state index in [0.717, 1.165) is 108 Å². The standard InChI is InChI=1S/C73H142O17P2/c1-7-10-12-14-16-18-19-20-21-22-25-28-31-38-44-50-56-71(76)84-62-69(89-72(77)57-51-45-39-32-29-26-23-24-27-30-35-41-47-53-65(4)5)64-88-92(81,82)86-60-67(74)59-85-91(79,80)87-63-68(61-83-70(75)55-49-43-37-17-15-13-11-8-2)90-73(78)58-52-46-40-34-33-36-42-48-54-66(6)9-3/h65-69,74H,7-64H2,1-6H3,(H,79,80)(H,81,82)/t66?,67-,68+,69+/m0/s1. The van der Waals surface area contributed by atoms with Gasteiger partial charge in [-0.1, -0.05) is 324 Å². The van der Waals surface area contributed by atoms with Crippen LogP contribution >= 0.6 is 15.6 Å². The first-order valence-electron chi connectivity index (χ1n) is 38.0. The second kappa shape index (κ2) is 65.0. The lowest BCUT2D eigenvalue weighted by molar-refractivity contribution is -0.161. The third-order valence-corrected chi connectivity index (χ3v) is 19.2. The average Bonchev–Trinajstić information content (AvgIpc) is 1.69. The lowest BCUT2D eigenvalue weighted by Gasteiger charge is -2.21. The van der Waals surface area contributed by atoms with Crippen molar-refractivity contribution in [1.82, 2.24) is 0 Å². The largest absolute Gasteiger partial charge is 0.472 e. The van der Waals surface area contributed by atoms with E-state index in [-0.39, 0.29) is 25.7 Å². The molecule has 0 radical (unpaired) electrons. The van der Waals surface area contributed by atoms with Crippen LogP contribution in [0, 0.1) is 11.8 Å². The van der Waals surface area contributed by atoms with Gasteiger partial charge in [-0.2, -0.15) is 0 Å². The van der Waals surface area contributed by atoms with E-state index in [4.69, 9.17) is 37.0 Å². The zero-order valence-corrected chi connectivity index (χ0v) is 61.6. The summed E-state index contributed by atoms with van der Waals surface area (Å²) in [5.41, 5.74) is 0. The van der Waals surface area contributed by atoms with Gasteiger partial charge in [-0.05, 0) is 37.5 Å². The molecule has 6 atom stereocenters. The van der Waals surface area contributed by atoms with E-state index in [1.54, 1.807) is 0 Å². The molecule has 19 heteroatoms. The summed E-state index contributed by atoms with van der Waals surface area (Å²) in [7, 11) is -9.90. The normalized spacial score (nSPS) is 14.4. The molecule has 0 aliphatic rings. The highest BCUT2D eigenvalue weighted by atomic mass is 31.2. The van der Waals surface area contributed by atoms with Gasteiger partial charge < -0.3 is 33.8 Å². The molecule has 0 rings (SSSR count). The van der Waals surface area contributed by atoms with Crippen molar-refractivity contribution in [3.63, 3.8) is 0 Å². The summed E-state index contributed by atoms with van der Waals surface area (Å²) in [5, 5.41) is 10.6. The SMILES string of the molecule is CCCCCCCCCCCCCCCCCCC(=O)OC[C@H](COP(=O)(O)OC[C@@H](O)COP(=O)(O)OC[C@@H](COC(=O)CCCCCCCCCC)OC(=O)CCCCCCCCCCC(C)CC)OC(=O)CCCCCCCCCCCCCCCC(C)C. The predicted molar refractivity (Wildman–Crippen MR) is 372 cm³/mol. The number of carbonyl (C=O) groups is 4. The smallest absolute Gasteiger partial charge is 0.462 e. The van der Waals surface area contributed by atoms with Gasteiger partial charge in [-0.3, -0.25) is 37.3 Å². The molecular weight excluding hydrogens is 1210 g/mol. The van der Waals surface area contributed by atoms with Crippen LogP contribution in [-0.4, -0.2) is 96.7 Å². The fourth-order valence-corrected chi connectivity index (χ4v) is 12.7. The molecule has 0 aliphatic carbocycles. The lowest BCUT2D eigenvalue weighted by atomic mass is 9.99. The fraction of sp³-hybridized carbons (Fsp3) is 0.945. The first kappa shape index (κ1) is 90.1. The zero-order valence-electron chi connectivity index (χ0n) is 59.9. The number of phosphoric ester groups is 2. The number of phosphoric acid groups is 2. The molecular formula is C73H142O17P2. The maximum absolute atomic E-state index is 13.1. The Morgan fingerprint density at radius 2 is 0.554 bits per heavy atom. The van der Waals surface area contributed by atoms with E-state index in [1.807, 2.05) is 0 Å². The Kier molecular flexibility index (Phi) is 63.7. The summed E-state index contributed by atoms with van der Waals surface area (Å²) < 4.78 is 68.4. The topological polar surface area (TPSA) is 237 Å². The third kappa shape index (κ3) is 65.4. The summed E-state index contributed by atoms with van der Waals surface area (Å²) in [5.74, 6) is -0.566. The van der Waals surface area contributed by atoms with Crippen molar-refractivity contribution in [2.45, 2.75) is 394 Å². The van der Waals surface area contributed by atoms with Crippen molar-refractivity contribution < 1.29 is 80.2 Å². The number of esters is 4. The van der Waals surface area contributed by atoms with Crippen molar-refractivity contribution >= 4 is 39.5 Å². The van der Waals surface area contributed by atoms with E-state index in [9.17, 15) is 43.2 Å². The minimum Gasteiger partial charge on any atom is -0.462 e. The highest BCUT2D eigenvalue weighted by Gasteiger charge is 2.30. The Labute approximate surface area is 562 Å². The van der Waals surface area contributed by atoms with E-state index in [1.165, 1.54) is 186 Å². The van der Waals surface area contributed by atoms with Crippen LogP contribution < -0.4 is 0 Å². The number of rotatable bonds is 72. The van der Waals surface area contributed by atoms with Gasteiger partial charge in [0.05, 0.1) is 26.4 Å². The molecule has 0 aromatic rings. The third-order valence-electron chi connectivity index (χ3n) is 17.3. The molecule has 0 fully saturated rings. The number of carbonyl (C=O) groups excluding carboxylic acids is 4. The molecule has 17 nitrogen and oxygen atoms in total. The number of hydrogen-bond donors (Lipinski definition) is 3. The molecule has 0 amide bonds. The van der Waals surface area contributed by atoms with Crippen LogP contribution in [0.15, 0.2) is 0 Å². The van der Waals surface area contributed by atoms with Gasteiger partial charge in [0.25, 0.3) is 0 Å². The molecule has 92 heavy (non-hydrogen) atoms. The quantitative estimate of drug-likeness (QED) is 0.0222. The molecule has 0 aliphatic heterocycles. The number of aliphatic hydroxyl groups is 1. The number of unbranched alkanes of at least 4 members (excludes halogenated alkanes) is 41. The van der Waals surface area contributed by atoms with Crippen LogP contribution in [0.25, 0.3) is 0 Å². The number of aliphatic hydroxyl groups excluding tert-OH is 1. The number of ether oxygens (including phenoxy) is 4. The Morgan fingerprint density at radius 3 is 0.826 bits per heavy atom. The summed E-state index contributed by atoms with van der Waals surface area (Å²) in [6.45, 7) is 9.56. The van der Waals surface area contributed by atoms with E-state index >= 15 is 0 Å². The van der Waals surface area contributed by atoms with Crippen molar-refractivity contribution in [2.75, 3.05) is 39.6 Å². The highest BCUT2D eigenvalue weighted by molar-refractivity contribution is 7.47. The van der Waals surface area contributed by atoms with Crippen LogP contribution in [0.3, 0.4) is 0 Å². The first-order chi connectivity index (χ1) is 44.4. The second-order valence-electron chi connectivity index (χ2n) is 27.1. The van der Waals surface area contributed by atoms with E-state index < -0.39 is 97.5 Å². The fourth-order valence-electron chi connectivity index (χ4n) is 11.1. The van der Waals surface area contributed by atoms with Gasteiger partial charge in [0.1, 0.15) is 19.3 Å². The minimum absolute atomic E-state index is 0.105. The molecule has 0 spiro atoms. The van der Waals surface area contributed by atoms with Gasteiger partial charge >= 0.3 is 39.5 Å². The Morgan fingerprint density at radius 1 is 0.315 bits per heavy atom. The van der Waals surface area contributed by atoms with Crippen molar-refractivity contribution in [3.05, 3.63) is 0 Å². The maximum atomic E-state index is 13.1. The molecule has 0 saturated heterocycles. The zero-order chi connectivity index (χ0) is 67.9. The lowest BCUT2D eigenvalue weighted by Crippen LogP contribution is -2.30. The Hall–Kier alpha value is -1.94. The summed E-state index contributed by atoms with van der Waals surface area (Å²) in [4.78, 5) is 72.6. The monoisotopic (exact) mass is 1350 g/mol. The maximum Gasteiger partial charge on any atom is 0.472 e. The Balaban J connectivity index is 5.22. The van der Waals surface area contributed by atoms with Crippen LogP contribution in [-0.2, 0) is 65.4 Å². The molecule has 3 N–H and O–H groups in total. The van der Waals surface area contributed by atoms with Crippen molar-refractivity contribution in [1.29, 1.82) is 0 Å². The molecule has 0 saturated carbocycles. The van der Waals surface area contributed by atoms with E-state index in [2.05, 4.69) is 41.5 Å². The van der Waals surface area contributed by atoms with Crippen LogP contribution in [0.2, 0.25) is 0 Å². The Bertz CT molecular complexity index is 1790. The second-order valence-corrected chi connectivity index (χ2v) is 30.0. The summed E-state index contributed by atoms with van der Waals surface area (Å²) >= 11 is 0. The van der Waals surface area contributed by atoms with Crippen molar-refractivity contribution in [3.8, 4) is 0 Å². The van der Waals surface area contributed by atoms with Gasteiger partial charge in [0, 0.05) is 25.7 Å². The van der Waals surface area contributed by atoms with Crippen LogP contribution in [0.5, 0.6) is 0 Å². The molecule has 0 heterocycles. The predicted octanol–water partition coefficient (Wildman–Crippen LogP) is 21.2. The van der Waals surface area contributed by atoms with Gasteiger partial charge in [-0.25, -0.2) is 9.13 Å². The van der Waals surface area contributed by atoms with Gasteiger partial charge in [-0.15, -0.1) is 0 Å². The summed E-state index contributed by atoms with van der Waals surface area (Å²) in [6, 6.07) is 0. The number of hydrogen-bond acceptors (Lipinski definition) is 15. The molecule has 0 aromatic heterocycles. The van der Waals surface area contributed by atoms with Crippen LogP contribution in [0.4, 0.5) is 0 Å². The van der Waals surface area contributed by atoms with Gasteiger partial charge in [0.2, 0.25) is 0 Å². The van der Waals surface area contributed by atoms with E-state index in [0.29, 0.717) is 25.7 Å². The van der Waals surface area contributed by atoms with Crippen molar-refractivity contribution in [2.24, 2.45) is 11.8 Å². The van der Waals surface area contributed by atoms with Crippen LogP contribution in [0.1, 0.15) is 375 Å². The summed E-state index contributed by atoms with van der Waals surface area (Å²) in [6.07, 6.45) is 51.3. The molecule has 0 aromatic carbocycles. The molecule has 3 unspecified atom stereocenters. The highest BCUT2D eigenvalue weighted by Crippen LogP contribution is 2.45. The van der Waals surface area contributed by atoms with Gasteiger partial charge in [0.15, 0.2) is 12.2 Å². The minimum atomic E-state index is -4.95.